The number of rotatable bonds is 1. The van der Waals surface area contributed by atoms with Crippen molar-refractivity contribution in [1.82, 2.24) is 0 Å². The summed E-state index contributed by atoms with van der Waals surface area (Å²) < 4.78 is 5.33. The first-order valence-electron chi connectivity index (χ1n) is 4.22. The lowest BCUT2D eigenvalue weighted by atomic mass is 9.86. The van der Waals surface area contributed by atoms with Gasteiger partial charge < -0.3 is 10.2 Å². The van der Waals surface area contributed by atoms with E-state index in [1.807, 2.05) is 13.0 Å². The average Bonchev–Trinajstić information content (AvgIpc) is 2.32. The molecule has 0 aliphatic heterocycles. The van der Waals surface area contributed by atoms with Crippen molar-refractivity contribution in [3.63, 3.8) is 0 Å². The Kier molecular flexibility index (Phi) is 2.29. The van der Waals surface area contributed by atoms with Gasteiger partial charge in [0.2, 0.25) is 0 Å². The van der Waals surface area contributed by atoms with E-state index in [1.54, 1.807) is 6.26 Å². The average molecular weight is 167 g/mol. The molecule has 0 aromatic carbocycles. The van der Waals surface area contributed by atoms with E-state index in [9.17, 15) is 0 Å². The van der Waals surface area contributed by atoms with Crippen molar-refractivity contribution in [2.75, 3.05) is 0 Å². The van der Waals surface area contributed by atoms with Crippen LogP contribution >= 0.6 is 0 Å². The topological polar surface area (TPSA) is 39.2 Å². The third-order valence-electron chi connectivity index (χ3n) is 1.99. The highest BCUT2D eigenvalue weighted by Gasteiger charge is 2.24. The van der Waals surface area contributed by atoms with Gasteiger partial charge in [-0.1, -0.05) is 20.8 Å². The third-order valence-corrected chi connectivity index (χ3v) is 1.99. The van der Waals surface area contributed by atoms with Crippen LogP contribution in [-0.2, 0) is 0 Å². The Morgan fingerprint density at radius 2 is 2.00 bits per heavy atom. The minimum absolute atomic E-state index is 0.0220. The lowest BCUT2D eigenvalue weighted by molar-refractivity contribution is 0.285. The number of hydrogen-bond donors (Lipinski definition) is 1. The van der Waals surface area contributed by atoms with Crippen molar-refractivity contribution >= 4 is 0 Å². The van der Waals surface area contributed by atoms with Crippen molar-refractivity contribution in [2.45, 2.75) is 33.7 Å². The first-order valence-corrected chi connectivity index (χ1v) is 4.22. The van der Waals surface area contributed by atoms with Crippen molar-refractivity contribution < 1.29 is 4.42 Å². The first kappa shape index (κ1) is 9.33. The zero-order chi connectivity index (χ0) is 9.35. The second kappa shape index (κ2) is 2.94. The van der Waals surface area contributed by atoms with E-state index in [1.165, 1.54) is 0 Å². The Morgan fingerprint density at radius 3 is 2.33 bits per heavy atom. The van der Waals surface area contributed by atoms with Gasteiger partial charge in [-0.15, -0.1) is 0 Å². The fourth-order valence-electron chi connectivity index (χ4n) is 1.04. The Labute approximate surface area is 73.8 Å². The predicted molar refractivity (Wildman–Crippen MR) is 49.8 cm³/mol. The van der Waals surface area contributed by atoms with E-state index in [-0.39, 0.29) is 11.5 Å². The van der Waals surface area contributed by atoms with E-state index in [2.05, 4.69) is 20.8 Å². The van der Waals surface area contributed by atoms with Crippen LogP contribution in [0.5, 0.6) is 0 Å². The third kappa shape index (κ3) is 1.89. The van der Waals surface area contributed by atoms with E-state index >= 15 is 0 Å². The van der Waals surface area contributed by atoms with E-state index in [0.29, 0.717) is 0 Å². The molecule has 0 amide bonds. The van der Waals surface area contributed by atoms with Crippen LogP contribution in [0.15, 0.2) is 16.7 Å². The summed E-state index contributed by atoms with van der Waals surface area (Å²) in [7, 11) is 0. The summed E-state index contributed by atoms with van der Waals surface area (Å²) in [6.07, 6.45) is 1.74. The molecule has 0 fully saturated rings. The molecule has 2 nitrogen and oxygen atoms in total. The van der Waals surface area contributed by atoms with Crippen molar-refractivity contribution in [1.29, 1.82) is 0 Å². The number of hydrogen-bond acceptors (Lipinski definition) is 2. The summed E-state index contributed by atoms with van der Waals surface area (Å²) in [5.74, 6) is 0.875. The highest BCUT2D eigenvalue weighted by molar-refractivity contribution is 5.14. The summed E-state index contributed by atoms with van der Waals surface area (Å²) in [6.45, 7) is 8.32. The largest absolute Gasteiger partial charge is 0.467 e. The second-order valence-electron chi connectivity index (χ2n) is 4.37. The summed E-state index contributed by atoms with van der Waals surface area (Å²) in [5.41, 5.74) is 7.18. The lowest BCUT2D eigenvalue weighted by Crippen LogP contribution is -2.25. The second-order valence-corrected chi connectivity index (χ2v) is 4.37. The van der Waals surface area contributed by atoms with Gasteiger partial charge in [0, 0.05) is 0 Å². The summed E-state index contributed by atoms with van der Waals surface area (Å²) >= 11 is 0. The van der Waals surface area contributed by atoms with Crippen LogP contribution in [0.3, 0.4) is 0 Å². The summed E-state index contributed by atoms with van der Waals surface area (Å²) in [4.78, 5) is 0. The highest BCUT2D eigenvalue weighted by Crippen LogP contribution is 2.30. The SMILES string of the molecule is Cc1coc([C@@H](N)C(C)(C)C)c1. The molecule has 0 aliphatic rings. The smallest absolute Gasteiger partial charge is 0.121 e. The molecular formula is C10H17NO. The quantitative estimate of drug-likeness (QED) is 0.698. The fourth-order valence-corrected chi connectivity index (χ4v) is 1.04. The van der Waals surface area contributed by atoms with Gasteiger partial charge in [-0.3, -0.25) is 0 Å². The molecule has 0 radical (unpaired) electrons. The van der Waals surface area contributed by atoms with Gasteiger partial charge in [0.15, 0.2) is 0 Å². The maximum absolute atomic E-state index is 5.99. The summed E-state index contributed by atoms with van der Waals surface area (Å²) in [6, 6.07) is 1.97. The van der Waals surface area contributed by atoms with Gasteiger partial charge in [0.05, 0.1) is 12.3 Å². The Balaban J connectivity index is 2.85. The normalized spacial score (nSPS) is 14.8. The van der Waals surface area contributed by atoms with Gasteiger partial charge >= 0.3 is 0 Å². The molecule has 0 spiro atoms. The van der Waals surface area contributed by atoms with Gasteiger partial charge in [-0.25, -0.2) is 0 Å². The molecule has 12 heavy (non-hydrogen) atoms. The van der Waals surface area contributed by atoms with E-state index < -0.39 is 0 Å². The Hall–Kier alpha value is -0.760. The van der Waals surface area contributed by atoms with Crippen LogP contribution in [0.2, 0.25) is 0 Å². The van der Waals surface area contributed by atoms with Crippen molar-refractivity contribution in [3.05, 3.63) is 23.7 Å². The van der Waals surface area contributed by atoms with Gasteiger partial charge in [-0.05, 0) is 24.0 Å². The number of aryl methyl sites for hydroxylation is 1. The van der Waals surface area contributed by atoms with Crippen LogP contribution in [-0.4, -0.2) is 0 Å². The maximum atomic E-state index is 5.99. The van der Waals surface area contributed by atoms with Gasteiger partial charge in [-0.2, -0.15) is 0 Å². The Morgan fingerprint density at radius 1 is 1.42 bits per heavy atom. The molecule has 1 rings (SSSR count). The lowest BCUT2D eigenvalue weighted by Gasteiger charge is -2.24. The molecule has 1 atom stereocenters. The predicted octanol–water partition coefficient (Wildman–Crippen LogP) is 2.63. The number of nitrogens with two attached hydrogens (primary N) is 1. The molecule has 0 bridgehead atoms. The first-order chi connectivity index (χ1) is 5.41. The van der Waals surface area contributed by atoms with Gasteiger partial charge in [0.1, 0.15) is 5.76 Å². The van der Waals surface area contributed by atoms with Crippen LogP contribution < -0.4 is 5.73 Å². The number of furan rings is 1. The van der Waals surface area contributed by atoms with Crippen LogP contribution in [0, 0.1) is 12.3 Å². The molecule has 1 aromatic heterocycles. The molecule has 1 heterocycles. The van der Waals surface area contributed by atoms with Crippen molar-refractivity contribution in [3.8, 4) is 0 Å². The monoisotopic (exact) mass is 167 g/mol. The van der Waals surface area contributed by atoms with Crippen LogP contribution in [0.25, 0.3) is 0 Å². The molecule has 0 saturated carbocycles. The molecule has 68 valence electrons. The molecular weight excluding hydrogens is 150 g/mol. The zero-order valence-electron chi connectivity index (χ0n) is 8.22. The highest BCUT2D eigenvalue weighted by atomic mass is 16.3. The minimum Gasteiger partial charge on any atom is -0.467 e. The zero-order valence-corrected chi connectivity index (χ0v) is 8.22. The van der Waals surface area contributed by atoms with Crippen molar-refractivity contribution in [2.24, 2.45) is 11.1 Å². The molecule has 0 unspecified atom stereocenters. The van der Waals surface area contributed by atoms with E-state index in [0.717, 1.165) is 11.3 Å². The molecule has 0 aliphatic carbocycles. The maximum Gasteiger partial charge on any atom is 0.121 e. The standard InChI is InChI=1S/C10H17NO/c1-7-5-8(12-6-7)9(11)10(2,3)4/h5-6,9H,11H2,1-4H3/t9-/m1/s1. The molecule has 0 saturated heterocycles. The molecule has 2 N–H and O–H groups in total. The van der Waals surface area contributed by atoms with Crippen LogP contribution in [0.1, 0.15) is 38.1 Å². The molecule has 2 heteroatoms. The van der Waals surface area contributed by atoms with E-state index in [4.69, 9.17) is 10.2 Å². The summed E-state index contributed by atoms with van der Waals surface area (Å²) in [5, 5.41) is 0. The minimum atomic E-state index is -0.0220. The Bertz CT molecular complexity index is 257. The molecule has 1 aromatic rings. The van der Waals surface area contributed by atoms with Gasteiger partial charge in [0.25, 0.3) is 0 Å². The fraction of sp³-hybridized carbons (Fsp3) is 0.600. The van der Waals surface area contributed by atoms with Crippen LogP contribution in [0.4, 0.5) is 0 Å².